The molecule has 556 valence electrons. The second kappa shape index (κ2) is 38.1. The number of anilines is 1. The molecule has 102 heavy (non-hydrogen) atoms. The van der Waals surface area contributed by atoms with Crippen molar-refractivity contribution in [1.82, 2.24) is 63.8 Å². The number of aliphatic carboxylic acids is 1. The molecule has 5 aromatic carbocycles. The third-order valence-electron chi connectivity index (χ3n) is 15.4. The monoisotopic (exact) mass is 1560 g/mol. The molecule has 7 atom stereocenters. The number of hydrogen-bond donors (Lipinski definition) is 20. The summed E-state index contributed by atoms with van der Waals surface area (Å²) in [5, 5.41) is 59.3. The highest BCUT2D eigenvalue weighted by Gasteiger charge is 2.36. The Morgan fingerprint density at radius 3 is 1.90 bits per heavy atom. The number of aliphatic hydroxyl groups is 1. The maximum atomic E-state index is 14.6. The van der Waals surface area contributed by atoms with Gasteiger partial charge in [-0.25, -0.2) is 0 Å². The van der Waals surface area contributed by atoms with Crippen LogP contribution in [0.25, 0.3) is 32.3 Å². The van der Waals surface area contributed by atoms with E-state index in [1.54, 1.807) is 30.3 Å². The Morgan fingerprint density at radius 1 is 0.696 bits per heavy atom. The van der Waals surface area contributed by atoms with Crippen molar-refractivity contribution in [2.24, 2.45) is 5.73 Å². The normalized spacial score (nSPS) is 17.6. The molecule has 0 saturated carbocycles. The molecule has 9 amide bonds. The molecule has 0 unspecified atom stereocenters. The standard InChI is InChI=1S/C59H77N15O21S7/c1-62-35(11-6-7-17-65-59(96)74-37-22-43(100(87,88)89)32-15-16-34-45(102(93,94)95)24-44(101(90,91)92)33-14-13-31(37)49(32)50(33)34)53(82)72-41-28-98-99-29-42(73-55(84)39(23-48(78)79)68-47(77)26-67-51(80)36(69-56(41)85)12-8-18-64-58(60)61)57(86)70-38(21-30-9-4-3-5-10-30)54(83)71-40(27-97-20-19-75)52(81)66-25-46(76)63-2/h3-5,9-10,13-16,22,24,35-36,38-42,62,75H,6-8,11-12,17-21,23,25-29H2,1-2H3,(H,63,76)(H,66,81)(H,67,80)(H,68,77)(H,69,85)(H,70,86)(H,71,83)(H,72,82)(H,73,84)(H,78,79)(H4,60,61,64)(H2,65,74,96)(H,87,88,89)(H,90,91,92)(H,93,94,95)/t35-,36-,38-,39-,40-,41-,42-/m0/s1. The summed E-state index contributed by atoms with van der Waals surface area (Å²) < 4.78 is 107. The quantitative estimate of drug-likeness (QED) is 0.00410. The van der Waals surface area contributed by atoms with Gasteiger partial charge in [-0.2, -0.15) is 37.0 Å². The fourth-order valence-corrected chi connectivity index (χ4v) is 16.0. The van der Waals surface area contributed by atoms with Crippen molar-refractivity contribution in [2.45, 2.75) is 102 Å². The van der Waals surface area contributed by atoms with Crippen LogP contribution in [0.1, 0.15) is 44.1 Å². The number of likely N-dealkylation sites (N-methyl/N-ethyl adjacent to an activating group) is 2. The molecular weight excluding hydrogens is 1480 g/mol. The van der Waals surface area contributed by atoms with E-state index >= 15 is 0 Å². The molecular formula is C59H77N15O21S7. The van der Waals surface area contributed by atoms with Gasteiger partial charge < -0.3 is 85.1 Å². The lowest BCUT2D eigenvalue weighted by molar-refractivity contribution is -0.141. The summed E-state index contributed by atoms with van der Waals surface area (Å²) in [4.78, 5) is 134. The van der Waals surface area contributed by atoms with E-state index in [0.29, 0.717) is 11.6 Å². The van der Waals surface area contributed by atoms with Crippen LogP contribution in [0.4, 0.5) is 5.69 Å². The lowest BCUT2D eigenvalue weighted by atomic mass is 9.93. The first-order valence-corrected chi connectivity index (χ1v) is 39.3. The molecule has 1 saturated heterocycles. The van der Waals surface area contributed by atoms with Crippen molar-refractivity contribution in [1.29, 1.82) is 5.41 Å². The highest BCUT2D eigenvalue weighted by atomic mass is 33.1. The molecule has 1 aliphatic heterocycles. The van der Waals surface area contributed by atoms with Gasteiger partial charge in [0.2, 0.25) is 53.2 Å². The second-order valence-corrected chi connectivity index (χ2v) is 31.0. The number of unbranched alkanes of at least 4 members (excludes halogenated alkanes) is 1. The predicted molar refractivity (Wildman–Crippen MR) is 383 cm³/mol. The van der Waals surface area contributed by atoms with Crippen LogP contribution < -0.4 is 74.9 Å². The summed E-state index contributed by atoms with van der Waals surface area (Å²) in [7, 11) is -10.9. The molecule has 1 fully saturated rings. The van der Waals surface area contributed by atoms with E-state index in [0.717, 1.165) is 51.5 Å². The Labute approximate surface area is 601 Å². The average Bonchev–Trinajstić information content (AvgIpc) is 0.707. The number of guanidine groups is 1. The number of rotatable bonds is 31. The zero-order valence-corrected chi connectivity index (χ0v) is 60.1. The van der Waals surface area contributed by atoms with Crippen LogP contribution in [-0.4, -0.2) is 232 Å². The van der Waals surface area contributed by atoms with Crippen LogP contribution in [0, 0.1) is 5.41 Å². The summed E-state index contributed by atoms with van der Waals surface area (Å²) in [5.74, 6) is -10.8. The minimum Gasteiger partial charge on any atom is -0.481 e. The van der Waals surface area contributed by atoms with E-state index in [1.807, 2.05) is 0 Å². The van der Waals surface area contributed by atoms with Crippen molar-refractivity contribution < 1.29 is 97.1 Å². The van der Waals surface area contributed by atoms with Gasteiger partial charge in [0.1, 0.15) is 50.9 Å². The molecule has 36 nitrogen and oxygen atoms in total. The van der Waals surface area contributed by atoms with Crippen LogP contribution >= 0.6 is 45.6 Å². The van der Waals surface area contributed by atoms with Crippen molar-refractivity contribution in [3.8, 4) is 0 Å². The van der Waals surface area contributed by atoms with Gasteiger partial charge in [-0.15, -0.1) is 0 Å². The highest BCUT2D eigenvalue weighted by Crippen LogP contribution is 2.44. The number of thioether (sulfide) groups is 1. The molecule has 0 aromatic heterocycles. The van der Waals surface area contributed by atoms with Crippen molar-refractivity contribution in [3.05, 3.63) is 72.3 Å². The van der Waals surface area contributed by atoms with E-state index in [2.05, 4.69) is 69.1 Å². The predicted octanol–water partition coefficient (Wildman–Crippen LogP) is -2.64. The number of carboxylic acids is 1. The maximum Gasteiger partial charge on any atom is 0.305 e. The second-order valence-electron chi connectivity index (χ2n) is 22.7. The average molecular weight is 1560 g/mol. The minimum absolute atomic E-state index is 0.0410. The molecule has 0 bridgehead atoms. The maximum absolute atomic E-state index is 14.6. The minimum atomic E-state index is -5.18. The molecule has 0 aliphatic carbocycles. The van der Waals surface area contributed by atoms with Gasteiger partial charge in [-0.3, -0.25) is 67.0 Å². The largest absolute Gasteiger partial charge is 0.481 e. The van der Waals surface area contributed by atoms with Crippen LogP contribution in [0.3, 0.4) is 0 Å². The third kappa shape index (κ3) is 24.1. The van der Waals surface area contributed by atoms with E-state index in [1.165, 1.54) is 26.2 Å². The first kappa shape index (κ1) is 82.5. The number of carbonyl (C=O) groups is 10. The summed E-state index contributed by atoms with van der Waals surface area (Å²) in [6.07, 6.45) is -0.633. The third-order valence-corrected chi connectivity index (χ3v) is 21.8. The molecule has 6 rings (SSSR count). The number of amides is 9. The molecule has 43 heteroatoms. The Hall–Kier alpha value is -8.50. The van der Waals surface area contributed by atoms with Crippen molar-refractivity contribution >= 4 is 184 Å². The number of nitrogens with one attached hydrogen (secondary N) is 14. The first-order chi connectivity index (χ1) is 48.1. The topological polar surface area (TPSA) is 581 Å². The van der Waals surface area contributed by atoms with E-state index in [-0.39, 0.29) is 119 Å². The number of hydrogen-bond acceptors (Lipinski definition) is 23. The number of aliphatic hydroxyl groups excluding tert-OH is 1. The summed E-state index contributed by atoms with van der Waals surface area (Å²) in [5.41, 5.74) is 5.87. The Bertz CT molecular complexity index is 4260. The fourth-order valence-electron chi connectivity index (χ4n) is 10.5. The number of benzene rings is 5. The zero-order chi connectivity index (χ0) is 75.2. The van der Waals surface area contributed by atoms with Gasteiger partial charge in [0.05, 0.1) is 32.2 Å². The van der Waals surface area contributed by atoms with Crippen molar-refractivity contribution in [2.75, 3.05) is 75.2 Å². The summed E-state index contributed by atoms with van der Waals surface area (Å²) in [6.45, 7) is -1.49. The molecule has 1 heterocycles. The van der Waals surface area contributed by atoms with Crippen LogP contribution in [-0.2, 0) is 84.7 Å². The molecule has 1 aliphatic rings. The van der Waals surface area contributed by atoms with Crippen LogP contribution in [0.2, 0.25) is 0 Å². The Balaban J connectivity index is 1.22. The molecule has 21 N–H and O–H groups in total. The Morgan fingerprint density at radius 2 is 1.30 bits per heavy atom. The highest BCUT2D eigenvalue weighted by molar-refractivity contribution is 8.76. The van der Waals surface area contributed by atoms with Gasteiger partial charge in [0.25, 0.3) is 30.4 Å². The van der Waals surface area contributed by atoms with Crippen LogP contribution in [0.15, 0.2) is 81.4 Å². The number of carbonyl (C=O) groups excluding carboxylic acids is 9. The smallest absolute Gasteiger partial charge is 0.305 e. The van der Waals surface area contributed by atoms with Gasteiger partial charge in [-0.05, 0) is 69.1 Å². The van der Waals surface area contributed by atoms with Gasteiger partial charge in [-0.1, -0.05) is 76.2 Å². The van der Waals surface area contributed by atoms with E-state index in [9.17, 15) is 97.1 Å². The van der Waals surface area contributed by atoms with E-state index in [4.69, 9.17) is 23.4 Å². The lowest BCUT2D eigenvalue weighted by Gasteiger charge is -2.26. The van der Waals surface area contributed by atoms with Gasteiger partial charge >= 0.3 is 5.97 Å². The molecule has 0 spiro atoms. The lowest BCUT2D eigenvalue weighted by Crippen LogP contribution is -2.60. The summed E-state index contributed by atoms with van der Waals surface area (Å²) >= 11 is 6.64. The fraction of sp³-hybridized carbons (Fsp3) is 0.424. The number of nitrogens with two attached hydrogens (primary N) is 1. The Kier molecular flexibility index (Phi) is 30.8. The van der Waals surface area contributed by atoms with Gasteiger partial charge in [0.15, 0.2) is 11.1 Å². The summed E-state index contributed by atoms with van der Waals surface area (Å²) in [6, 6.07) is 4.30. The number of carboxylic acid groups (broad SMARTS) is 1. The molecule has 5 aromatic rings. The SMILES string of the molecule is CNC(=O)CNC(=O)[C@H](CSCCO)NC(=O)[C@H](Cc1ccccc1)NC(=O)[C@@H]1CSSC[C@H](NC(=O)[C@H](CCCCNC(=S)Nc2cc(S(=O)(=O)O)c3ccc4c(S(=O)(=O)O)cc(S(=O)(=O)O)c5ccc2c3c54)NC)C(=O)N[C@@H](CCCNC(=N)N)C(=O)NCC(=O)N[C@@H](CC(=O)O)C(=O)N1. The van der Waals surface area contributed by atoms with Crippen molar-refractivity contribution in [3.63, 3.8) is 0 Å². The van der Waals surface area contributed by atoms with Gasteiger partial charge in [0, 0.05) is 87.6 Å². The van der Waals surface area contributed by atoms with E-state index < -0.39 is 178 Å². The number of thiocarbonyl (C=S) groups is 1. The van der Waals surface area contributed by atoms with Crippen LogP contribution in [0.5, 0.6) is 0 Å². The first-order valence-electron chi connectivity index (χ1n) is 30.9. The zero-order valence-electron chi connectivity index (χ0n) is 54.4. The molecule has 0 radical (unpaired) electrons.